The number of hydrogen-bond acceptors (Lipinski definition) is 3. The van der Waals surface area contributed by atoms with Crippen LogP contribution in [0.2, 0.25) is 0 Å². The number of Topliss-reactive ketones (excluding diaryl/α,β-unsaturated/α-hetero) is 1. The maximum atomic E-state index is 11.8. The van der Waals surface area contributed by atoms with Crippen LogP contribution in [0.4, 0.5) is 0 Å². The monoisotopic (exact) mass is 232 g/mol. The van der Waals surface area contributed by atoms with Crippen LogP contribution >= 0.6 is 0 Å². The van der Waals surface area contributed by atoms with Crippen LogP contribution in [0, 0.1) is 0 Å². The Hall–Kier alpha value is -2.33. The van der Waals surface area contributed by atoms with Gasteiger partial charge in [0.1, 0.15) is 0 Å². The molecule has 0 aliphatic heterocycles. The fourth-order valence-corrected chi connectivity index (χ4v) is 1.33. The largest absolute Gasteiger partial charge is 0.345 e. The molecule has 0 unspecified atom stereocenters. The van der Waals surface area contributed by atoms with Crippen LogP contribution in [-0.2, 0) is 0 Å². The number of rotatable bonds is 4. The zero-order valence-corrected chi connectivity index (χ0v) is 9.62. The molecule has 0 atom stereocenters. The molecule has 6 heteroatoms. The minimum absolute atomic E-state index is 0.255. The van der Waals surface area contributed by atoms with Crippen LogP contribution in [0.5, 0.6) is 0 Å². The van der Waals surface area contributed by atoms with Gasteiger partial charge in [0.15, 0.2) is 5.78 Å². The summed E-state index contributed by atoms with van der Waals surface area (Å²) in [6.45, 7) is -0.284. The van der Waals surface area contributed by atoms with Gasteiger partial charge in [0, 0.05) is 24.6 Å². The van der Waals surface area contributed by atoms with E-state index in [1.165, 1.54) is 4.90 Å². The summed E-state index contributed by atoms with van der Waals surface area (Å²) >= 11 is 0. The SMILES string of the molecule is CN(C)C(=O)c1ccccc1C(=O)CN=[N+]=[N-]. The molecule has 0 heterocycles. The number of amides is 1. The number of azide groups is 1. The average molecular weight is 232 g/mol. The van der Waals surface area contributed by atoms with Crippen LogP contribution in [-0.4, -0.2) is 37.2 Å². The molecule has 1 aromatic carbocycles. The highest BCUT2D eigenvalue weighted by Crippen LogP contribution is 2.11. The second kappa shape index (κ2) is 5.67. The molecular formula is C11H12N4O2. The van der Waals surface area contributed by atoms with E-state index in [1.807, 2.05) is 0 Å². The van der Waals surface area contributed by atoms with Crippen molar-refractivity contribution in [2.75, 3.05) is 20.6 Å². The fourth-order valence-electron chi connectivity index (χ4n) is 1.33. The lowest BCUT2D eigenvalue weighted by Crippen LogP contribution is -2.24. The topological polar surface area (TPSA) is 86.1 Å². The summed E-state index contributed by atoms with van der Waals surface area (Å²) in [5, 5.41) is 3.20. The van der Waals surface area contributed by atoms with Crippen LogP contribution in [0.1, 0.15) is 20.7 Å². The first kappa shape index (κ1) is 12.7. The van der Waals surface area contributed by atoms with Gasteiger partial charge in [-0.3, -0.25) is 9.59 Å². The number of ketones is 1. The molecule has 0 aromatic heterocycles. The predicted octanol–water partition coefficient (Wildman–Crippen LogP) is 1.88. The highest BCUT2D eigenvalue weighted by atomic mass is 16.2. The Morgan fingerprint density at radius 3 is 2.41 bits per heavy atom. The quantitative estimate of drug-likeness (QED) is 0.343. The van der Waals surface area contributed by atoms with Crippen molar-refractivity contribution in [2.24, 2.45) is 5.11 Å². The van der Waals surface area contributed by atoms with E-state index < -0.39 is 0 Å². The zero-order chi connectivity index (χ0) is 12.8. The smallest absolute Gasteiger partial charge is 0.254 e. The molecule has 0 saturated heterocycles. The summed E-state index contributed by atoms with van der Waals surface area (Å²) in [4.78, 5) is 27.4. The molecule has 0 N–H and O–H groups in total. The van der Waals surface area contributed by atoms with Gasteiger partial charge in [-0.25, -0.2) is 0 Å². The van der Waals surface area contributed by atoms with E-state index in [1.54, 1.807) is 38.4 Å². The molecular weight excluding hydrogens is 220 g/mol. The molecule has 0 spiro atoms. The standard InChI is InChI=1S/C11H12N4O2/c1-15(2)11(17)9-6-4-3-5-8(9)10(16)7-13-14-12/h3-6H,7H2,1-2H3. The van der Waals surface area contributed by atoms with Gasteiger partial charge >= 0.3 is 0 Å². The maximum Gasteiger partial charge on any atom is 0.254 e. The minimum atomic E-state index is -0.367. The molecule has 0 bridgehead atoms. The number of carbonyl (C=O) groups excluding carboxylic acids is 2. The molecule has 0 aliphatic carbocycles. The molecule has 17 heavy (non-hydrogen) atoms. The van der Waals surface area contributed by atoms with Crippen LogP contribution in [0.3, 0.4) is 0 Å². The van der Waals surface area contributed by atoms with E-state index in [0.717, 1.165) is 0 Å². The van der Waals surface area contributed by atoms with Crippen LogP contribution < -0.4 is 0 Å². The average Bonchev–Trinajstić information content (AvgIpc) is 2.34. The van der Waals surface area contributed by atoms with E-state index >= 15 is 0 Å². The van der Waals surface area contributed by atoms with Crippen molar-refractivity contribution in [1.29, 1.82) is 0 Å². The second-order valence-electron chi connectivity index (χ2n) is 3.56. The third kappa shape index (κ3) is 3.06. The minimum Gasteiger partial charge on any atom is -0.345 e. The lowest BCUT2D eigenvalue weighted by Gasteiger charge is -2.12. The lowest BCUT2D eigenvalue weighted by atomic mass is 10.0. The molecule has 0 saturated carbocycles. The van der Waals surface area contributed by atoms with E-state index in [2.05, 4.69) is 10.0 Å². The van der Waals surface area contributed by atoms with Gasteiger partial charge in [-0.15, -0.1) is 0 Å². The van der Waals surface area contributed by atoms with Gasteiger partial charge in [0.05, 0.1) is 12.1 Å². The van der Waals surface area contributed by atoms with E-state index in [4.69, 9.17) is 5.53 Å². The first-order valence-electron chi connectivity index (χ1n) is 4.92. The molecule has 0 fully saturated rings. The van der Waals surface area contributed by atoms with Gasteiger partial charge < -0.3 is 4.90 Å². The second-order valence-corrected chi connectivity index (χ2v) is 3.56. The summed E-state index contributed by atoms with van der Waals surface area (Å²) < 4.78 is 0. The van der Waals surface area contributed by atoms with Crippen molar-refractivity contribution in [3.8, 4) is 0 Å². The highest BCUT2D eigenvalue weighted by Gasteiger charge is 2.16. The summed E-state index contributed by atoms with van der Waals surface area (Å²) in [5.74, 6) is -0.622. The van der Waals surface area contributed by atoms with Crippen LogP contribution in [0.15, 0.2) is 29.4 Å². The Morgan fingerprint density at radius 1 is 1.29 bits per heavy atom. The van der Waals surface area contributed by atoms with Crippen molar-refractivity contribution in [3.05, 3.63) is 45.8 Å². The van der Waals surface area contributed by atoms with Crippen molar-refractivity contribution in [2.45, 2.75) is 0 Å². The van der Waals surface area contributed by atoms with Gasteiger partial charge in [-0.05, 0) is 11.6 Å². The number of carbonyl (C=O) groups is 2. The Labute approximate surface area is 98.5 Å². The highest BCUT2D eigenvalue weighted by molar-refractivity contribution is 6.08. The van der Waals surface area contributed by atoms with Gasteiger partial charge in [0.25, 0.3) is 5.91 Å². The van der Waals surface area contributed by atoms with Crippen LogP contribution in [0.25, 0.3) is 10.4 Å². The fraction of sp³-hybridized carbons (Fsp3) is 0.273. The Morgan fingerprint density at radius 2 is 1.88 bits per heavy atom. The molecule has 6 nitrogen and oxygen atoms in total. The van der Waals surface area contributed by atoms with Crippen molar-refractivity contribution in [3.63, 3.8) is 0 Å². The molecule has 0 aliphatic rings. The predicted molar refractivity (Wildman–Crippen MR) is 62.8 cm³/mol. The zero-order valence-electron chi connectivity index (χ0n) is 9.62. The number of benzene rings is 1. The van der Waals surface area contributed by atoms with E-state index in [9.17, 15) is 9.59 Å². The molecule has 1 amide bonds. The summed E-state index contributed by atoms with van der Waals surface area (Å²) in [6.07, 6.45) is 0. The maximum absolute atomic E-state index is 11.8. The first-order chi connectivity index (χ1) is 8.07. The summed E-state index contributed by atoms with van der Waals surface area (Å²) in [6, 6.07) is 6.47. The van der Waals surface area contributed by atoms with Gasteiger partial charge in [-0.1, -0.05) is 23.3 Å². The molecule has 0 radical (unpaired) electrons. The lowest BCUT2D eigenvalue weighted by molar-refractivity contribution is 0.0821. The molecule has 1 rings (SSSR count). The molecule has 88 valence electrons. The van der Waals surface area contributed by atoms with Gasteiger partial charge in [-0.2, -0.15) is 0 Å². The van der Waals surface area contributed by atoms with Crippen molar-refractivity contribution < 1.29 is 9.59 Å². The normalized spacial score (nSPS) is 9.29. The Kier molecular flexibility index (Phi) is 4.25. The van der Waals surface area contributed by atoms with Crippen molar-refractivity contribution in [1.82, 2.24) is 4.90 Å². The van der Waals surface area contributed by atoms with Crippen molar-refractivity contribution >= 4 is 11.7 Å². The molecule has 1 aromatic rings. The van der Waals surface area contributed by atoms with E-state index in [-0.39, 0.29) is 23.8 Å². The Balaban J connectivity index is 3.11. The third-order valence-corrected chi connectivity index (χ3v) is 2.14. The summed E-state index contributed by atoms with van der Waals surface area (Å²) in [5.41, 5.74) is 8.75. The third-order valence-electron chi connectivity index (χ3n) is 2.14. The summed E-state index contributed by atoms with van der Waals surface area (Å²) in [7, 11) is 3.22. The Bertz CT molecular complexity index is 490. The number of nitrogens with zero attached hydrogens (tertiary/aromatic N) is 4. The first-order valence-corrected chi connectivity index (χ1v) is 4.92. The van der Waals surface area contributed by atoms with Gasteiger partial charge in [0.2, 0.25) is 0 Å². The van der Waals surface area contributed by atoms with E-state index in [0.29, 0.717) is 5.56 Å². The number of hydrogen-bond donors (Lipinski definition) is 0.